The molecule has 0 radical (unpaired) electrons. The van der Waals surface area contributed by atoms with E-state index in [0.717, 1.165) is 16.3 Å². The van der Waals surface area contributed by atoms with E-state index in [1.807, 2.05) is 62.4 Å². The summed E-state index contributed by atoms with van der Waals surface area (Å²) >= 11 is 6.94. The summed E-state index contributed by atoms with van der Waals surface area (Å²) in [6, 6.07) is 22.9. The molecule has 0 spiro atoms. The van der Waals surface area contributed by atoms with Crippen LogP contribution in [-0.4, -0.2) is 22.2 Å². The molecule has 0 aliphatic rings. The van der Waals surface area contributed by atoms with Gasteiger partial charge < -0.3 is 21.3 Å². The summed E-state index contributed by atoms with van der Waals surface area (Å²) in [6.45, 7) is 5.48. The molecule has 8 heteroatoms. The normalized spacial score (nSPS) is 11.3. The molecule has 176 valence electrons. The maximum absolute atomic E-state index is 12.9. The monoisotopic (exact) mass is 492 g/mol. The molecule has 3 rings (SSSR count). The molecule has 34 heavy (non-hydrogen) atoms. The van der Waals surface area contributed by atoms with E-state index in [4.69, 9.17) is 12.2 Å². The van der Waals surface area contributed by atoms with Crippen LogP contribution in [0.2, 0.25) is 0 Å². The minimum absolute atomic E-state index is 0.0744. The van der Waals surface area contributed by atoms with E-state index >= 15 is 0 Å². The van der Waals surface area contributed by atoms with Crippen molar-refractivity contribution in [3.63, 3.8) is 0 Å². The number of thioether (sulfide) groups is 1. The van der Waals surface area contributed by atoms with Crippen LogP contribution in [0.25, 0.3) is 0 Å². The van der Waals surface area contributed by atoms with Crippen LogP contribution in [0.4, 0.5) is 22.7 Å². The molecular formula is C26H28N4O2S2. The molecule has 1 atom stereocenters. The summed E-state index contributed by atoms with van der Waals surface area (Å²) < 4.78 is 0. The Bertz CT molecular complexity index is 1150. The van der Waals surface area contributed by atoms with Gasteiger partial charge in [-0.05, 0) is 80.2 Å². The van der Waals surface area contributed by atoms with Crippen LogP contribution in [0, 0.1) is 6.92 Å². The SMILES string of the molecule is CCC(Sc1cccc(NC(=S)Nc2ccc(C)cc2)c1)C(=O)Nc1ccc(NC(C)=O)cc1. The molecule has 0 heterocycles. The van der Waals surface area contributed by atoms with Gasteiger partial charge in [-0.25, -0.2) is 0 Å². The van der Waals surface area contributed by atoms with Gasteiger partial charge in [0.05, 0.1) is 5.25 Å². The summed E-state index contributed by atoms with van der Waals surface area (Å²) in [5, 5.41) is 12.3. The number of anilines is 4. The minimum Gasteiger partial charge on any atom is -0.332 e. The Morgan fingerprint density at radius 1 is 0.824 bits per heavy atom. The van der Waals surface area contributed by atoms with Gasteiger partial charge in [-0.2, -0.15) is 0 Å². The molecule has 0 fully saturated rings. The maximum atomic E-state index is 12.9. The molecular weight excluding hydrogens is 464 g/mol. The average Bonchev–Trinajstić information content (AvgIpc) is 2.80. The summed E-state index contributed by atoms with van der Waals surface area (Å²) in [6.07, 6.45) is 0.672. The van der Waals surface area contributed by atoms with Crippen molar-refractivity contribution in [3.05, 3.63) is 78.4 Å². The summed E-state index contributed by atoms with van der Waals surface area (Å²) in [5.41, 5.74) is 4.32. The zero-order valence-corrected chi connectivity index (χ0v) is 21.0. The highest BCUT2D eigenvalue weighted by molar-refractivity contribution is 8.00. The molecule has 4 N–H and O–H groups in total. The second-order valence-electron chi connectivity index (χ2n) is 7.74. The van der Waals surface area contributed by atoms with Crippen LogP contribution in [0.15, 0.2) is 77.7 Å². The van der Waals surface area contributed by atoms with Gasteiger partial charge in [0.2, 0.25) is 11.8 Å². The molecule has 2 amide bonds. The lowest BCUT2D eigenvalue weighted by Crippen LogP contribution is -2.24. The van der Waals surface area contributed by atoms with Gasteiger partial charge in [0, 0.05) is 34.6 Å². The first-order valence-electron chi connectivity index (χ1n) is 10.9. The van der Waals surface area contributed by atoms with Crippen molar-refractivity contribution in [1.29, 1.82) is 0 Å². The fourth-order valence-corrected chi connectivity index (χ4v) is 4.38. The molecule has 3 aromatic rings. The van der Waals surface area contributed by atoms with E-state index in [9.17, 15) is 9.59 Å². The molecule has 0 saturated carbocycles. The van der Waals surface area contributed by atoms with Crippen molar-refractivity contribution in [1.82, 2.24) is 0 Å². The lowest BCUT2D eigenvalue weighted by molar-refractivity contribution is -0.116. The fraction of sp³-hybridized carbons (Fsp3) is 0.192. The standard InChI is InChI=1S/C26H28N4O2S2/c1-4-24(25(32)28-20-14-12-19(13-15-20)27-18(3)31)34-23-7-5-6-22(16-23)30-26(33)29-21-10-8-17(2)9-11-21/h5-16,24H,4H2,1-3H3,(H,27,31)(H,28,32)(H2,29,30,33). The molecule has 6 nitrogen and oxygen atoms in total. The number of rotatable bonds is 8. The van der Waals surface area contributed by atoms with Crippen molar-refractivity contribution >= 4 is 63.7 Å². The van der Waals surface area contributed by atoms with E-state index in [1.54, 1.807) is 24.3 Å². The number of benzene rings is 3. The predicted molar refractivity (Wildman–Crippen MR) is 147 cm³/mol. The van der Waals surface area contributed by atoms with Crippen molar-refractivity contribution in [2.75, 3.05) is 21.3 Å². The van der Waals surface area contributed by atoms with Gasteiger partial charge in [0.25, 0.3) is 0 Å². The maximum Gasteiger partial charge on any atom is 0.237 e. The van der Waals surface area contributed by atoms with Gasteiger partial charge in [0.15, 0.2) is 5.11 Å². The Morgan fingerprint density at radius 2 is 1.38 bits per heavy atom. The fourth-order valence-electron chi connectivity index (χ4n) is 3.13. The van der Waals surface area contributed by atoms with Crippen molar-refractivity contribution < 1.29 is 9.59 Å². The van der Waals surface area contributed by atoms with E-state index in [0.29, 0.717) is 22.9 Å². The topological polar surface area (TPSA) is 82.3 Å². The Kier molecular flexibility index (Phi) is 9.07. The van der Waals surface area contributed by atoms with Crippen molar-refractivity contribution in [3.8, 4) is 0 Å². The third kappa shape index (κ3) is 7.90. The first-order valence-corrected chi connectivity index (χ1v) is 12.2. The molecule has 0 aliphatic heterocycles. The Morgan fingerprint density at radius 3 is 2.00 bits per heavy atom. The highest BCUT2D eigenvalue weighted by Gasteiger charge is 2.18. The molecule has 0 saturated heterocycles. The van der Waals surface area contributed by atoms with Crippen LogP contribution in [-0.2, 0) is 9.59 Å². The highest BCUT2D eigenvalue weighted by Crippen LogP contribution is 2.29. The van der Waals surface area contributed by atoms with Crippen LogP contribution in [0.5, 0.6) is 0 Å². The van der Waals surface area contributed by atoms with Crippen LogP contribution < -0.4 is 21.3 Å². The van der Waals surface area contributed by atoms with Gasteiger partial charge >= 0.3 is 0 Å². The lowest BCUT2D eigenvalue weighted by atomic mass is 10.2. The number of amides is 2. The minimum atomic E-state index is -0.261. The Balaban J connectivity index is 1.58. The van der Waals surface area contributed by atoms with Crippen LogP contribution in [0.3, 0.4) is 0 Å². The first-order chi connectivity index (χ1) is 16.3. The van der Waals surface area contributed by atoms with Gasteiger partial charge in [-0.3, -0.25) is 9.59 Å². The van der Waals surface area contributed by atoms with Crippen LogP contribution >= 0.6 is 24.0 Å². The number of nitrogens with one attached hydrogen (secondary N) is 4. The van der Waals surface area contributed by atoms with E-state index in [-0.39, 0.29) is 17.1 Å². The first kappa shape index (κ1) is 25.3. The molecule has 0 aliphatic carbocycles. The number of hydrogen-bond donors (Lipinski definition) is 4. The Hall–Kier alpha value is -3.36. The second kappa shape index (κ2) is 12.2. The van der Waals surface area contributed by atoms with Gasteiger partial charge in [0.1, 0.15) is 0 Å². The Labute approximate surface area is 209 Å². The van der Waals surface area contributed by atoms with E-state index in [2.05, 4.69) is 21.3 Å². The van der Waals surface area contributed by atoms with E-state index < -0.39 is 0 Å². The highest BCUT2D eigenvalue weighted by atomic mass is 32.2. The summed E-state index contributed by atoms with van der Waals surface area (Å²) in [5.74, 6) is -0.211. The number of carbonyl (C=O) groups excluding carboxylic acids is 2. The van der Waals surface area contributed by atoms with Gasteiger partial charge in [-0.15, -0.1) is 11.8 Å². The van der Waals surface area contributed by atoms with E-state index in [1.165, 1.54) is 24.2 Å². The van der Waals surface area contributed by atoms with Crippen molar-refractivity contribution in [2.45, 2.75) is 37.3 Å². The lowest BCUT2D eigenvalue weighted by Gasteiger charge is -2.16. The zero-order valence-electron chi connectivity index (χ0n) is 19.3. The number of carbonyl (C=O) groups is 2. The third-order valence-corrected chi connectivity index (χ3v) is 6.38. The van der Waals surface area contributed by atoms with Gasteiger partial charge in [-0.1, -0.05) is 30.7 Å². The third-order valence-electron chi connectivity index (χ3n) is 4.82. The quantitative estimate of drug-likeness (QED) is 0.219. The number of thiocarbonyl (C=S) groups is 1. The zero-order chi connectivity index (χ0) is 24.5. The number of aryl methyl sites for hydroxylation is 1. The smallest absolute Gasteiger partial charge is 0.237 e. The number of hydrogen-bond acceptors (Lipinski definition) is 4. The molecule has 0 bridgehead atoms. The molecule has 1 unspecified atom stereocenters. The second-order valence-corrected chi connectivity index (χ2v) is 9.42. The predicted octanol–water partition coefficient (Wildman–Crippen LogP) is 6.27. The van der Waals surface area contributed by atoms with Crippen molar-refractivity contribution in [2.24, 2.45) is 0 Å². The average molecular weight is 493 g/mol. The largest absolute Gasteiger partial charge is 0.332 e. The summed E-state index contributed by atoms with van der Waals surface area (Å²) in [7, 11) is 0. The van der Waals surface area contributed by atoms with Crippen LogP contribution in [0.1, 0.15) is 25.8 Å². The summed E-state index contributed by atoms with van der Waals surface area (Å²) in [4.78, 5) is 25.0. The molecule has 3 aromatic carbocycles. The molecule has 0 aromatic heterocycles.